The van der Waals surface area contributed by atoms with Gasteiger partial charge in [-0.1, -0.05) is 25.0 Å². The van der Waals surface area contributed by atoms with Gasteiger partial charge in [-0.3, -0.25) is 9.48 Å². The number of rotatable bonds is 7. The number of methoxy groups -OCH3 is 1. The van der Waals surface area contributed by atoms with E-state index in [9.17, 15) is 13.2 Å². The number of carbonyl (C=O) groups excluding carboxylic acids is 1. The molecule has 1 aliphatic heterocycles. The van der Waals surface area contributed by atoms with Crippen molar-refractivity contribution < 1.29 is 17.9 Å². The maximum absolute atomic E-state index is 13.2. The van der Waals surface area contributed by atoms with Crippen molar-refractivity contribution in [3.63, 3.8) is 0 Å². The molecule has 33 heavy (non-hydrogen) atoms. The summed E-state index contributed by atoms with van der Waals surface area (Å²) < 4.78 is 35.0. The molecule has 4 rings (SSSR count). The summed E-state index contributed by atoms with van der Waals surface area (Å²) in [7, 11) is -2.22. The van der Waals surface area contributed by atoms with E-state index in [0.717, 1.165) is 31.2 Å². The van der Waals surface area contributed by atoms with Gasteiger partial charge in [0.2, 0.25) is 10.0 Å². The van der Waals surface area contributed by atoms with Gasteiger partial charge in [-0.05, 0) is 54.8 Å². The van der Waals surface area contributed by atoms with Gasteiger partial charge in [-0.15, -0.1) is 0 Å². The molecule has 0 aliphatic carbocycles. The van der Waals surface area contributed by atoms with Crippen LogP contribution in [0.5, 0.6) is 5.75 Å². The van der Waals surface area contributed by atoms with E-state index in [0.29, 0.717) is 31.1 Å². The van der Waals surface area contributed by atoms with E-state index in [1.165, 1.54) is 29.6 Å². The molecule has 0 radical (unpaired) electrons. The quantitative estimate of drug-likeness (QED) is 0.570. The molecule has 0 unspecified atom stereocenters. The van der Waals surface area contributed by atoms with Crippen LogP contribution >= 0.6 is 0 Å². The molecule has 1 aromatic heterocycles. The zero-order chi connectivity index (χ0) is 23.3. The van der Waals surface area contributed by atoms with E-state index in [4.69, 9.17) is 4.74 Å². The molecule has 1 N–H and O–H groups in total. The summed E-state index contributed by atoms with van der Waals surface area (Å²) in [6.07, 6.45) is 7.36. The highest BCUT2D eigenvalue weighted by Gasteiger charge is 2.27. The first-order valence-corrected chi connectivity index (χ1v) is 12.5. The SMILES string of the molecule is COc1ccc(S(=O)(=O)N2CCCCCC2)cc1C(=O)Nc1ccc(Cn2cccn2)cc1. The van der Waals surface area contributed by atoms with Crippen molar-refractivity contribution in [2.75, 3.05) is 25.5 Å². The van der Waals surface area contributed by atoms with Crippen LogP contribution < -0.4 is 10.1 Å². The van der Waals surface area contributed by atoms with Gasteiger partial charge in [0, 0.05) is 31.2 Å². The van der Waals surface area contributed by atoms with Gasteiger partial charge in [-0.25, -0.2) is 8.42 Å². The Morgan fingerprint density at radius 1 is 1.06 bits per heavy atom. The topological polar surface area (TPSA) is 93.5 Å². The number of amides is 1. The van der Waals surface area contributed by atoms with E-state index in [-0.39, 0.29) is 10.5 Å². The zero-order valence-corrected chi connectivity index (χ0v) is 19.4. The number of ether oxygens (including phenoxy) is 1. The van der Waals surface area contributed by atoms with E-state index in [2.05, 4.69) is 10.4 Å². The lowest BCUT2D eigenvalue weighted by molar-refractivity contribution is 0.102. The highest BCUT2D eigenvalue weighted by atomic mass is 32.2. The Hall–Kier alpha value is -3.17. The molecule has 8 nitrogen and oxygen atoms in total. The molecule has 1 saturated heterocycles. The largest absolute Gasteiger partial charge is 0.496 e. The van der Waals surface area contributed by atoms with Crippen molar-refractivity contribution in [1.29, 1.82) is 0 Å². The Labute approximate surface area is 194 Å². The molecule has 1 amide bonds. The minimum atomic E-state index is -3.68. The van der Waals surface area contributed by atoms with E-state index in [1.807, 2.05) is 29.1 Å². The number of hydrogen-bond donors (Lipinski definition) is 1. The van der Waals surface area contributed by atoms with Crippen LogP contribution in [0.15, 0.2) is 65.8 Å². The maximum Gasteiger partial charge on any atom is 0.259 e. The van der Waals surface area contributed by atoms with Gasteiger partial charge >= 0.3 is 0 Å². The third kappa shape index (κ3) is 5.43. The molecule has 1 aliphatic rings. The second kappa shape index (κ2) is 10.2. The lowest BCUT2D eigenvalue weighted by Crippen LogP contribution is -2.32. The number of benzene rings is 2. The summed E-state index contributed by atoms with van der Waals surface area (Å²) in [5.41, 5.74) is 1.82. The second-order valence-corrected chi connectivity index (χ2v) is 9.97. The maximum atomic E-state index is 13.2. The second-order valence-electron chi connectivity index (χ2n) is 8.04. The first-order valence-electron chi connectivity index (χ1n) is 11.0. The van der Waals surface area contributed by atoms with Crippen LogP contribution in [0.1, 0.15) is 41.6 Å². The fourth-order valence-corrected chi connectivity index (χ4v) is 5.47. The van der Waals surface area contributed by atoms with Crippen LogP contribution in [-0.2, 0) is 16.6 Å². The summed E-state index contributed by atoms with van der Waals surface area (Å²) in [6, 6.07) is 13.7. The van der Waals surface area contributed by atoms with E-state index < -0.39 is 15.9 Å². The molecule has 3 aromatic rings. The predicted molar refractivity (Wildman–Crippen MR) is 126 cm³/mol. The third-order valence-electron chi connectivity index (χ3n) is 5.73. The van der Waals surface area contributed by atoms with Gasteiger partial charge < -0.3 is 10.1 Å². The Morgan fingerprint density at radius 2 is 1.79 bits per heavy atom. The van der Waals surface area contributed by atoms with Crippen LogP contribution in [0.3, 0.4) is 0 Å². The lowest BCUT2D eigenvalue weighted by Gasteiger charge is -2.20. The number of nitrogens with zero attached hydrogens (tertiary/aromatic N) is 3. The minimum Gasteiger partial charge on any atom is -0.496 e. The third-order valence-corrected chi connectivity index (χ3v) is 7.63. The molecule has 0 spiro atoms. The Morgan fingerprint density at radius 3 is 2.42 bits per heavy atom. The molecular formula is C24H28N4O4S. The number of aromatic nitrogens is 2. The molecule has 9 heteroatoms. The smallest absolute Gasteiger partial charge is 0.259 e. The highest BCUT2D eigenvalue weighted by molar-refractivity contribution is 7.89. The Balaban J connectivity index is 1.53. The van der Waals surface area contributed by atoms with Crippen molar-refractivity contribution in [2.45, 2.75) is 37.1 Å². The molecular weight excluding hydrogens is 440 g/mol. The van der Waals surface area contributed by atoms with Gasteiger partial charge in [0.15, 0.2) is 0 Å². The molecule has 174 valence electrons. The summed E-state index contributed by atoms with van der Waals surface area (Å²) in [5.74, 6) is -0.114. The number of hydrogen-bond acceptors (Lipinski definition) is 5. The standard InChI is InChI=1S/C24H28N4O4S/c1-32-23-12-11-21(33(30,31)28-15-4-2-3-5-16-28)17-22(23)24(29)26-20-9-7-19(8-10-20)18-27-14-6-13-25-27/h6-14,17H,2-5,15-16,18H2,1H3,(H,26,29). The Kier molecular flexibility index (Phi) is 7.10. The highest BCUT2D eigenvalue weighted by Crippen LogP contribution is 2.27. The molecule has 2 heterocycles. The van der Waals surface area contributed by atoms with Gasteiger partial charge in [0.25, 0.3) is 5.91 Å². The number of sulfonamides is 1. The monoisotopic (exact) mass is 468 g/mol. The number of carbonyl (C=O) groups is 1. The molecule has 0 saturated carbocycles. The Bertz CT molecular complexity index is 1180. The van der Waals surface area contributed by atoms with Crippen molar-refractivity contribution in [3.05, 3.63) is 72.1 Å². The van der Waals surface area contributed by atoms with Crippen molar-refractivity contribution in [1.82, 2.24) is 14.1 Å². The first kappa shape index (κ1) is 23.0. The average Bonchev–Trinajstić information content (AvgIpc) is 3.17. The molecule has 0 atom stereocenters. The summed E-state index contributed by atoms with van der Waals surface area (Å²) in [5, 5.41) is 7.03. The first-order chi connectivity index (χ1) is 16.0. The van der Waals surface area contributed by atoms with E-state index in [1.54, 1.807) is 18.3 Å². The van der Waals surface area contributed by atoms with Gasteiger partial charge in [0.1, 0.15) is 5.75 Å². The minimum absolute atomic E-state index is 0.102. The number of nitrogens with one attached hydrogen (secondary N) is 1. The van der Waals surface area contributed by atoms with Crippen LogP contribution in [0.2, 0.25) is 0 Å². The van der Waals surface area contributed by atoms with E-state index >= 15 is 0 Å². The average molecular weight is 469 g/mol. The van der Waals surface area contributed by atoms with Crippen molar-refractivity contribution in [3.8, 4) is 5.75 Å². The molecule has 1 fully saturated rings. The molecule has 0 bridgehead atoms. The van der Waals surface area contributed by atoms with Gasteiger partial charge in [-0.2, -0.15) is 9.40 Å². The van der Waals surface area contributed by atoms with Gasteiger partial charge in [0.05, 0.1) is 24.1 Å². The van der Waals surface area contributed by atoms with Crippen molar-refractivity contribution >= 4 is 21.6 Å². The zero-order valence-electron chi connectivity index (χ0n) is 18.6. The fraction of sp³-hybridized carbons (Fsp3) is 0.333. The fourth-order valence-electron chi connectivity index (χ4n) is 3.93. The van der Waals surface area contributed by atoms with Crippen LogP contribution in [0.25, 0.3) is 0 Å². The van der Waals surface area contributed by atoms with Crippen LogP contribution in [0.4, 0.5) is 5.69 Å². The number of anilines is 1. The van der Waals surface area contributed by atoms with Crippen LogP contribution in [0, 0.1) is 0 Å². The summed E-state index contributed by atoms with van der Waals surface area (Å²) in [4.78, 5) is 13.1. The normalized spacial score (nSPS) is 15.1. The summed E-state index contributed by atoms with van der Waals surface area (Å²) in [6.45, 7) is 1.63. The van der Waals surface area contributed by atoms with Crippen LogP contribution in [-0.4, -0.2) is 48.6 Å². The predicted octanol–water partition coefficient (Wildman–Crippen LogP) is 3.76. The summed E-state index contributed by atoms with van der Waals surface area (Å²) >= 11 is 0. The molecule has 2 aromatic carbocycles. The lowest BCUT2D eigenvalue weighted by atomic mass is 10.1. The van der Waals surface area contributed by atoms with Crippen molar-refractivity contribution in [2.24, 2.45) is 0 Å².